The lowest BCUT2D eigenvalue weighted by atomic mass is 9.49. The van der Waals surface area contributed by atoms with Crippen LogP contribution in [0.25, 0.3) is 0 Å². The Hall–Kier alpha value is 0.420. The number of aryl methyl sites for hydroxylation is 1. The number of aromatic nitrogens is 2. The van der Waals surface area contributed by atoms with Gasteiger partial charge in [0.2, 0.25) is 0 Å². The molecule has 3 aliphatic carbocycles. The van der Waals surface area contributed by atoms with E-state index in [2.05, 4.69) is 62.1 Å². The minimum atomic E-state index is 0.391. The monoisotopic (exact) mass is 366 g/mol. The van der Waals surface area contributed by atoms with Crippen LogP contribution in [0.1, 0.15) is 30.7 Å². The third kappa shape index (κ3) is 0.991. The molecule has 1 heterocycles. The number of nitrogens with zero attached hydrogens (tertiary/aromatic N) is 2. The molecule has 0 aromatic carbocycles. The molecule has 0 radical (unpaired) electrons. The molecule has 0 spiro atoms. The van der Waals surface area contributed by atoms with Gasteiger partial charge in [-0.1, -0.05) is 22.6 Å². The smallest absolute Gasteiger partial charge is 0.0738 e. The molecule has 14 heavy (non-hydrogen) atoms. The highest BCUT2D eigenvalue weighted by molar-refractivity contribution is 14.1. The Morgan fingerprint density at radius 1 is 1.36 bits per heavy atom. The predicted molar refractivity (Wildman–Crippen MR) is 68.0 cm³/mol. The fraction of sp³-hybridized carbons (Fsp3) is 0.700. The predicted octanol–water partition coefficient (Wildman–Crippen LogP) is 3.33. The fourth-order valence-electron chi connectivity index (χ4n) is 2.92. The number of hydrogen-bond acceptors (Lipinski definition) is 1. The maximum atomic E-state index is 4.64. The van der Waals surface area contributed by atoms with Crippen molar-refractivity contribution >= 4 is 38.5 Å². The molecule has 2 nitrogen and oxygen atoms in total. The van der Waals surface area contributed by atoms with Crippen LogP contribution in [0.5, 0.6) is 0 Å². The summed E-state index contributed by atoms with van der Waals surface area (Å²) >= 11 is 6.20. The number of hydrogen-bond donors (Lipinski definition) is 0. The van der Waals surface area contributed by atoms with E-state index in [-0.39, 0.29) is 0 Å². The van der Waals surface area contributed by atoms with Crippen molar-refractivity contribution in [1.82, 2.24) is 9.78 Å². The first-order valence-corrected chi connectivity index (χ1v) is 6.74. The molecular formula is C10H12BrIN2. The van der Waals surface area contributed by atoms with Crippen molar-refractivity contribution in [2.45, 2.75) is 42.1 Å². The summed E-state index contributed by atoms with van der Waals surface area (Å²) < 4.78 is 4.06. The highest BCUT2D eigenvalue weighted by atomic mass is 127. The van der Waals surface area contributed by atoms with E-state index in [0.29, 0.717) is 8.96 Å². The third-order valence-corrected chi connectivity index (χ3v) is 5.88. The van der Waals surface area contributed by atoms with E-state index in [9.17, 15) is 0 Å². The third-order valence-electron chi connectivity index (χ3n) is 3.59. The van der Waals surface area contributed by atoms with Gasteiger partial charge in [-0.15, -0.1) is 0 Å². The fourth-order valence-corrected chi connectivity index (χ4v) is 5.30. The van der Waals surface area contributed by atoms with E-state index >= 15 is 0 Å². The molecule has 0 unspecified atom stereocenters. The Kier molecular flexibility index (Phi) is 1.76. The van der Waals surface area contributed by atoms with E-state index in [0.717, 1.165) is 5.69 Å². The second kappa shape index (κ2) is 2.56. The molecule has 0 amide bonds. The standard InChI is InChI=1S/C10H12BrIN2/c1-6-8(11)7(2)14(13-6)10-3-9(12,4-10)5-10/h3-5H2,1-2H3. The molecule has 0 N–H and O–H groups in total. The highest BCUT2D eigenvalue weighted by Gasteiger charge is 2.68. The molecule has 3 aliphatic rings. The van der Waals surface area contributed by atoms with E-state index in [1.807, 2.05) is 0 Å². The maximum Gasteiger partial charge on any atom is 0.0738 e. The van der Waals surface area contributed by atoms with Crippen LogP contribution in [-0.4, -0.2) is 13.2 Å². The van der Waals surface area contributed by atoms with Gasteiger partial charge in [-0.05, 0) is 49.0 Å². The zero-order chi connectivity index (χ0) is 10.1. The lowest BCUT2D eigenvalue weighted by Crippen LogP contribution is -2.69. The van der Waals surface area contributed by atoms with Gasteiger partial charge in [0.15, 0.2) is 0 Å². The van der Waals surface area contributed by atoms with Gasteiger partial charge in [0.05, 0.1) is 21.4 Å². The summed E-state index contributed by atoms with van der Waals surface area (Å²) in [5.41, 5.74) is 2.80. The molecule has 3 saturated carbocycles. The average Bonchev–Trinajstić information content (AvgIpc) is 2.26. The van der Waals surface area contributed by atoms with Crippen molar-refractivity contribution in [3.05, 3.63) is 15.9 Å². The first kappa shape index (κ1) is 9.63. The van der Waals surface area contributed by atoms with Gasteiger partial charge in [0.1, 0.15) is 0 Å². The Morgan fingerprint density at radius 2 is 1.93 bits per heavy atom. The van der Waals surface area contributed by atoms with Gasteiger partial charge >= 0.3 is 0 Å². The Bertz CT molecular complexity index is 404. The van der Waals surface area contributed by atoms with E-state index in [4.69, 9.17) is 0 Å². The second-order valence-corrected chi connectivity index (χ2v) is 7.88. The van der Waals surface area contributed by atoms with Crippen molar-refractivity contribution < 1.29 is 0 Å². The lowest BCUT2D eigenvalue weighted by Gasteiger charge is -2.67. The van der Waals surface area contributed by atoms with E-state index < -0.39 is 0 Å². The highest BCUT2D eigenvalue weighted by Crippen LogP contribution is 2.70. The summed E-state index contributed by atoms with van der Waals surface area (Å²) in [5, 5.41) is 4.64. The molecule has 1 aromatic rings. The zero-order valence-electron chi connectivity index (χ0n) is 8.27. The largest absolute Gasteiger partial charge is 0.262 e. The maximum absolute atomic E-state index is 4.64. The molecular weight excluding hydrogens is 355 g/mol. The quantitative estimate of drug-likeness (QED) is 0.550. The first-order valence-electron chi connectivity index (χ1n) is 4.87. The summed E-state index contributed by atoms with van der Waals surface area (Å²) in [7, 11) is 0. The van der Waals surface area contributed by atoms with Crippen molar-refractivity contribution in [1.29, 1.82) is 0 Å². The molecule has 3 fully saturated rings. The lowest BCUT2D eigenvalue weighted by molar-refractivity contribution is -0.0582. The molecule has 4 rings (SSSR count). The number of halogens is 2. The Balaban J connectivity index is 2.02. The van der Waals surface area contributed by atoms with Crippen LogP contribution in [0.4, 0.5) is 0 Å². The molecule has 4 heteroatoms. The molecule has 0 aliphatic heterocycles. The van der Waals surface area contributed by atoms with Crippen molar-refractivity contribution in [3.8, 4) is 0 Å². The Labute approximate surface area is 106 Å². The van der Waals surface area contributed by atoms with Crippen LogP contribution in [0.15, 0.2) is 4.47 Å². The number of rotatable bonds is 1. The SMILES string of the molecule is Cc1nn(C23CC(I)(C2)C3)c(C)c1Br. The minimum Gasteiger partial charge on any atom is -0.262 e. The summed E-state index contributed by atoms with van der Waals surface area (Å²) in [5.74, 6) is 0. The molecule has 0 atom stereocenters. The summed E-state index contributed by atoms with van der Waals surface area (Å²) in [4.78, 5) is 0. The van der Waals surface area contributed by atoms with Crippen molar-refractivity contribution in [3.63, 3.8) is 0 Å². The van der Waals surface area contributed by atoms with Crippen LogP contribution >= 0.6 is 38.5 Å². The summed E-state index contributed by atoms with van der Waals surface area (Å²) in [6.45, 7) is 4.23. The van der Waals surface area contributed by atoms with Gasteiger partial charge in [-0.25, -0.2) is 0 Å². The Morgan fingerprint density at radius 3 is 2.29 bits per heavy atom. The van der Waals surface area contributed by atoms with Crippen LogP contribution < -0.4 is 0 Å². The molecule has 76 valence electrons. The second-order valence-electron chi connectivity index (χ2n) is 4.80. The normalized spacial score (nSPS) is 39.1. The number of alkyl halides is 1. The van der Waals surface area contributed by atoms with Gasteiger partial charge in [-0.2, -0.15) is 5.10 Å². The van der Waals surface area contributed by atoms with Gasteiger partial charge in [-0.3, -0.25) is 4.68 Å². The van der Waals surface area contributed by atoms with Crippen LogP contribution in [-0.2, 0) is 5.54 Å². The topological polar surface area (TPSA) is 17.8 Å². The van der Waals surface area contributed by atoms with Gasteiger partial charge in [0, 0.05) is 3.42 Å². The van der Waals surface area contributed by atoms with Gasteiger partial charge < -0.3 is 0 Å². The van der Waals surface area contributed by atoms with Crippen LogP contribution in [0, 0.1) is 13.8 Å². The van der Waals surface area contributed by atoms with Crippen molar-refractivity contribution in [2.24, 2.45) is 0 Å². The zero-order valence-corrected chi connectivity index (χ0v) is 12.0. The molecule has 1 aromatic heterocycles. The summed E-state index contributed by atoms with van der Waals surface area (Å²) in [6, 6.07) is 0. The summed E-state index contributed by atoms with van der Waals surface area (Å²) in [6.07, 6.45) is 3.94. The van der Waals surface area contributed by atoms with Crippen molar-refractivity contribution in [2.75, 3.05) is 0 Å². The average molecular weight is 367 g/mol. The molecule has 2 bridgehead atoms. The van der Waals surface area contributed by atoms with E-state index in [1.54, 1.807) is 0 Å². The molecule has 0 saturated heterocycles. The van der Waals surface area contributed by atoms with E-state index in [1.165, 1.54) is 29.4 Å². The minimum absolute atomic E-state index is 0.391. The van der Waals surface area contributed by atoms with Crippen LogP contribution in [0.3, 0.4) is 0 Å². The van der Waals surface area contributed by atoms with Gasteiger partial charge in [0.25, 0.3) is 0 Å². The van der Waals surface area contributed by atoms with Crippen LogP contribution in [0.2, 0.25) is 0 Å². The first-order chi connectivity index (χ1) is 6.46.